The molecule has 0 heterocycles. The Kier molecular flexibility index (Phi) is 9.92. The molecule has 0 aromatic heterocycles. The SMILES string of the molecule is CNC(=O)[C@@H](Cc1ccccc1)N(Cc1cccc(Br)c1)C(=O)CN(c1ccc(Br)c(C)c1)S(C)(=O)=O. The maximum atomic E-state index is 13.9. The second kappa shape index (κ2) is 12.7. The first kappa shape index (κ1) is 28.9. The van der Waals surface area contributed by atoms with Crippen LogP contribution < -0.4 is 9.62 Å². The van der Waals surface area contributed by atoms with Crippen molar-refractivity contribution in [1.82, 2.24) is 10.2 Å². The van der Waals surface area contributed by atoms with Crippen LogP contribution in [-0.2, 0) is 32.6 Å². The van der Waals surface area contributed by atoms with E-state index in [9.17, 15) is 18.0 Å². The number of nitrogens with zero attached hydrogens (tertiary/aromatic N) is 2. The molecule has 10 heteroatoms. The van der Waals surface area contributed by atoms with Crippen molar-refractivity contribution in [3.8, 4) is 0 Å². The van der Waals surface area contributed by atoms with E-state index >= 15 is 0 Å². The maximum Gasteiger partial charge on any atom is 0.244 e. The zero-order valence-electron chi connectivity index (χ0n) is 20.8. The minimum Gasteiger partial charge on any atom is -0.357 e. The molecule has 3 rings (SSSR count). The molecular formula is C27H29Br2N3O4S. The zero-order chi connectivity index (χ0) is 27.2. The van der Waals surface area contributed by atoms with Crippen LogP contribution in [0.4, 0.5) is 5.69 Å². The van der Waals surface area contributed by atoms with Gasteiger partial charge in [-0.1, -0.05) is 74.3 Å². The Morgan fingerprint density at radius 3 is 2.22 bits per heavy atom. The molecule has 196 valence electrons. The van der Waals surface area contributed by atoms with E-state index in [0.29, 0.717) is 5.69 Å². The van der Waals surface area contributed by atoms with Gasteiger partial charge in [0.1, 0.15) is 12.6 Å². The fourth-order valence-electron chi connectivity index (χ4n) is 3.95. The van der Waals surface area contributed by atoms with Gasteiger partial charge in [0.25, 0.3) is 0 Å². The maximum absolute atomic E-state index is 13.9. The molecule has 1 atom stereocenters. The highest BCUT2D eigenvalue weighted by molar-refractivity contribution is 9.10. The summed E-state index contributed by atoms with van der Waals surface area (Å²) < 4.78 is 28.3. The molecular weight excluding hydrogens is 622 g/mol. The van der Waals surface area contributed by atoms with Gasteiger partial charge in [0.2, 0.25) is 21.8 Å². The third-order valence-electron chi connectivity index (χ3n) is 5.87. The van der Waals surface area contributed by atoms with Gasteiger partial charge in [0, 0.05) is 29.0 Å². The number of nitrogens with one attached hydrogen (secondary N) is 1. The lowest BCUT2D eigenvalue weighted by molar-refractivity contribution is -0.139. The van der Waals surface area contributed by atoms with Crippen LogP contribution in [0.25, 0.3) is 0 Å². The summed E-state index contributed by atoms with van der Waals surface area (Å²) in [6, 6.07) is 21.1. The molecule has 0 bridgehead atoms. The molecule has 0 saturated carbocycles. The molecule has 0 saturated heterocycles. The topological polar surface area (TPSA) is 86.8 Å². The lowest BCUT2D eigenvalue weighted by Crippen LogP contribution is -2.52. The first-order valence-corrected chi connectivity index (χ1v) is 15.0. The number of rotatable bonds is 10. The monoisotopic (exact) mass is 649 g/mol. The highest BCUT2D eigenvalue weighted by Crippen LogP contribution is 2.25. The fraction of sp³-hybridized carbons (Fsp3) is 0.259. The van der Waals surface area contributed by atoms with E-state index < -0.39 is 28.5 Å². The van der Waals surface area contributed by atoms with E-state index in [4.69, 9.17) is 0 Å². The second-order valence-electron chi connectivity index (χ2n) is 8.67. The van der Waals surface area contributed by atoms with E-state index in [0.717, 1.165) is 36.2 Å². The third kappa shape index (κ3) is 7.90. The van der Waals surface area contributed by atoms with Crippen LogP contribution in [0.15, 0.2) is 81.7 Å². The normalized spacial score (nSPS) is 12.0. The van der Waals surface area contributed by atoms with E-state index in [2.05, 4.69) is 37.2 Å². The number of anilines is 1. The summed E-state index contributed by atoms with van der Waals surface area (Å²) in [7, 11) is -2.28. The molecule has 0 unspecified atom stereocenters. The number of benzene rings is 3. The first-order valence-electron chi connectivity index (χ1n) is 11.5. The minimum atomic E-state index is -3.80. The Hall–Kier alpha value is -2.69. The molecule has 3 aromatic carbocycles. The molecule has 2 amide bonds. The van der Waals surface area contributed by atoms with Gasteiger partial charge in [0.15, 0.2) is 0 Å². The minimum absolute atomic E-state index is 0.125. The van der Waals surface area contributed by atoms with Crippen LogP contribution in [0.3, 0.4) is 0 Å². The van der Waals surface area contributed by atoms with Crippen molar-refractivity contribution >= 4 is 59.4 Å². The van der Waals surface area contributed by atoms with Gasteiger partial charge >= 0.3 is 0 Å². The predicted octanol–water partition coefficient (Wildman–Crippen LogP) is 4.67. The summed E-state index contributed by atoms with van der Waals surface area (Å²) in [4.78, 5) is 28.4. The van der Waals surface area contributed by atoms with E-state index in [1.54, 1.807) is 18.2 Å². The number of halogens is 2. The lowest BCUT2D eigenvalue weighted by atomic mass is 10.0. The van der Waals surface area contributed by atoms with Gasteiger partial charge in [-0.15, -0.1) is 0 Å². The van der Waals surface area contributed by atoms with Crippen molar-refractivity contribution in [2.24, 2.45) is 0 Å². The summed E-state index contributed by atoms with van der Waals surface area (Å²) in [5.74, 6) is -0.826. The Bertz CT molecular complexity index is 1370. The van der Waals surface area contributed by atoms with E-state index in [-0.39, 0.29) is 18.9 Å². The molecule has 0 radical (unpaired) electrons. The molecule has 0 aliphatic carbocycles. The van der Waals surface area contributed by atoms with Gasteiger partial charge in [-0.05, 0) is 53.9 Å². The van der Waals surface area contributed by atoms with Crippen molar-refractivity contribution < 1.29 is 18.0 Å². The summed E-state index contributed by atoms with van der Waals surface area (Å²) in [5.41, 5.74) is 2.89. The number of sulfonamides is 1. The van der Waals surface area contributed by atoms with E-state index in [1.807, 2.05) is 61.5 Å². The number of aryl methyl sites for hydroxylation is 1. The first-order chi connectivity index (χ1) is 17.5. The Morgan fingerprint density at radius 2 is 1.62 bits per heavy atom. The standard InChI is InChI=1S/C27H29Br2N3O4S/c1-19-14-23(12-13-24(19)29)32(37(3,35)36)18-26(33)31(17-21-10-7-11-22(28)15-21)25(27(34)30-2)16-20-8-5-4-6-9-20/h4-15,25H,16-18H2,1-3H3,(H,30,34)/t25-/m1/s1. The van der Waals surface area contributed by atoms with Crippen LogP contribution in [0.2, 0.25) is 0 Å². The number of likely N-dealkylation sites (N-methyl/N-ethyl adjacent to an activating group) is 1. The summed E-state index contributed by atoms with van der Waals surface area (Å²) in [5, 5.41) is 2.67. The summed E-state index contributed by atoms with van der Waals surface area (Å²) in [6.45, 7) is 1.52. The van der Waals surface area contributed by atoms with Crippen molar-refractivity contribution in [3.63, 3.8) is 0 Å². The molecule has 0 spiro atoms. The van der Waals surface area contributed by atoms with Crippen molar-refractivity contribution in [1.29, 1.82) is 0 Å². The van der Waals surface area contributed by atoms with E-state index in [1.165, 1.54) is 11.9 Å². The smallest absolute Gasteiger partial charge is 0.244 e. The third-order valence-corrected chi connectivity index (χ3v) is 8.39. The number of hydrogen-bond donors (Lipinski definition) is 1. The Labute approximate surface area is 235 Å². The second-order valence-corrected chi connectivity index (χ2v) is 12.4. The molecule has 0 aliphatic heterocycles. The molecule has 3 aromatic rings. The van der Waals surface area contributed by atoms with Crippen molar-refractivity contribution in [2.45, 2.75) is 25.9 Å². The Balaban J connectivity index is 2.04. The average molecular weight is 651 g/mol. The largest absolute Gasteiger partial charge is 0.357 e. The van der Waals surface area contributed by atoms with Gasteiger partial charge in [0.05, 0.1) is 11.9 Å². The molecule has 0 fully saturated rings. The highest BCUT2D eigenvalue weighted by atomic mass is 79.9. The van der Waals surface area contributed by atoms with Crippen LogP contribution >= 0.6 is 31.9 Å². The van der Waals surface area contributed by atoms with Gasteiger partial charge in [-0.25, -0.2) is 8.42 Å². The van der Waals surface area contributed by atoms with Gasteiger partial charge in [-0.3, -0.25) is 13.9 Å². The van der Waals surface area contributed by atoms with Gasteiger partial charge in [-0.2, -0.15) is 0 Å². The number of carbonyl (C=O) groups is 2. The molecule has 1 N–H and O–H groups in total. The number of hydrogen-bond acceptors (Lipinski definition) is 4. The lowest BCUT2D eigenvalue weighted by Gasteiger charge is -2.33. The van der Waals surface area contributed by atoms with Crippen LogP contribution in [-0.4, -0.2) is 51.0 Å². The van der Waals surface area contributed by atoms with Crippen LogP contribution in [0.5, 0.6) is 0 Å². The van der Waals surface area contributed by atoms with Crippen molar-refractivity contribution in [3.05, 3.63) is 98.4 Å². The fourth-order valence-corrected chi connectivity index (χ4v) is 5.49. The summed E-state index contributed by atoms with van der Waals surface area (Å²) in [6.07, 6.45) is 1.34. The van der Waals surface area contributed by atoms with Crippen molar-refractivity contribution in [2.75, 3.05) is 24.2 Å². The van der Waals surface area contributed by atoms with Crippen LogP contribution in [0.1, 0.15) is 16.7 Å². The Morgan fingerprint density at radius 1 is 0.946 bits per heavy atom. The highest BCUT2D eigenvalue weighted by Gasteiger charge is 2.32. The molecule has 0 aliphatic rings. The number of carbonyl (C=O) groups excluding carboxylic acids is 2. The quantitative estimate of drug-likeness (QED) is 0.346. The summed E-state index contributed by atoms with van der Waals surface area (Å²) >= 11 is 6.89. The molecule has 7 nitrogen and oxygen atoms in total. The average Bonchev–Trinajstić information content (AvgIpc) is 2.86. The zero-order valence-corrected chi connectivity index (χ0v) is 24.8. The van der Waals surface area contributed by atoms with Crippen LogP contribution in [0, 0.1) is 6.92 Å². The molecule has 37 heavy (non-hydrogen) atoms. The van der Waals surface area contributed by atoms with Gasteiger partial charge < -0.3 is 10.2 Å². The predicted molar refractivity (Wildman–Crippen MR) is 154 cm³/mol. The number of amides is 2.